The van der Waals surface area contributed by atoms with Gasteiger partial charge in [-0.05, 0) is 12.8 Å². The van der Waals surface area contributed by atoms with Crippen molar-refractivity contribution in [1.82, 2.24) is 0 Å². The molecule has 0 spiro atoms. The van der Waals surface area contributed by atoms with Crippen LogP contribution in [0.25, 0.3) is 0 Å². The van der Waals surface area contributed by atoms with E-state index in [0.29, 0.717) is 13.0 Å². The average molecular weight is 282 g/mol. The quantitative estimate of drug-likeness (QED) is 0.526. The van der Waals surface area contributed by atoms with Crippen molar-refractivity contribution in [3.8, 4) is 0 Å². The fourth-order valence-electron chi connectivity index (χ4n) is 2.93. The third-order valence-corrected chi connectivity index (χ3v) is 4.29. The Morgan fingerprint density at radius 1 is 0.500 bits per heavy atom. The second-order valence-corrected chi connectivity index (χ2v) is 6.27. The summed E-state index contributed by atoms with van der Waals surface area (Å²) in [5, 5.41) is 0. The average Bonchev–Trinajstić information content (AvgIpc) is 2.45. The predicted molar refractivity (Wildman–Crippen MR) is 84.8 cm³/mol. The minimum atomic E-state index is 0.0166. The van der Waals surface area contributed by atoms with Gasteiger partial charge in [-0.15, -0.1) is 0 Å². The van der Waals surface area contributed by atoms with Crippen molar-refractivity contribution in [2.24, 2.45) is 0 Å². The fourth-order valence-corrected chi connectivity index (χ4v) is 2.93. The van der Waals surface area contributed by atoms with Gasteiger partial charge in [-0.1, -0.05) is 83.5 Å². The Morgan fingerprint density at radius 3 is 1.30 bits per heavy atom. The van der Waals surface area contributed by atoms with E-state index >= 15 is 0 Å². The van der Waals surface area contributed by atoms with Crippen LogP contribution in [0.15, 0.2) is 0 Å². The first-order valence-electron chi connectivity index (χ1n) is 9.05. The van der Waals surface area contributed by atoms with Crippen molar-refractivity contribution in [3.05, 3.63) is 0 Å². The van der Waals surface area contributed by atoms with E-state index in [9.17, 15) is 4.79 Å². The highest BCUT2D eigenvalue weighted by Crippen LogP contribution is 2.14. The molecule has 0 aromatic rings. The Hall–Kier alpha value is -0.530. The zero-order valence-corrected chi connectivity index (χ0v) is 13.3. The van der Waals surface area contributed by atoms with Gasteiger partial charge >= 0.3 is 5.97 Å². The summed E-state index contributed by atoms with van der Waals surface area (Å²) in [6, 6.07) is 0. The lowest BCUT2D eigenvalue weighted by Gasteiger charge is -2.05. The third kappa shape index (κ3) is 11.3. The number of rotatable bonds is 0. The standard InChI is InChI=1S/C18H34O2/c19-18-16-14-12-10-8-6-4-2-1-3-5-7-9-11-13-15-17-20-18/h1-17H2. The fraction of sp³-hybridized carbons (Fsp3) is 0.944. The molecule has 118 valence electrons. The first-order valence-corrected chi connectivity index (χ1v) is 9.05. The van der Waals surface area contributed by atoms with E-state index in [1.807, 2.05) is 0 Å². The lowest BCUT2D eigenvalue weighted by molar-refractivity contribution is -0.143. The van der Waals surface area contributed by atoms with Gasteiger partial charge in [0.1, 0.15) is 0 Å². The van der Waals surface area contributed by atoms with Crippen LogP contribution >= 0.6 is 0 Å². The Balaban J connectivity index is 2.10. The molecular weight excluding hydrogens is 248 g/mol. The van der Waals surface area contributed by atoms with Gasteiger partial charge in [0.25, 0.3) is 0 Å². The topological polar surface area (TPSA) is 26.3 Å². The third-order valence-electron chi connectivity index (χ3n) is 4.29. The van der Waals surface area contributed by atoms with Crippen LogP contribution in [0.1, 0.15) is 103 Å². The van der Waals surface area contributed by atoms with Crippen LogP contribution in [0.4, 0.5) is 0 Å². The number of carbonyl (C=O) groups excluding carboxylic acids is 1. The summed E-state index contributed by atoms with van der Waals surface area (Å²) in [5.41, 5.74) is 0. The van der Waals surface area contributed by atoms with E-state index < -0.39 is 0 Å². The number of hydrogen-bond donors (Lipinski definition) is 0. The Bertz CT molecular complexity index is 203. The van der Waals surface area contributed by atoms with Gasteiger partial charge in [-0.25, -0.2) is 0 Å². The van der Waals surface area contributed by atoms with Gasteiger partial charge in [-0.2, -0.15) is 0 Å². The number of esters is 1. The number of carbonyl (C=O) groups is 1. The maximum Gasteiger partial charge on any atom is 0.305 e. The van der Waals surface area contributed by atoms with Gasteiger partial charge in [0.15, 0.2) is 0 Å². The zero-order chi connectivity index (χ0) is 14.3. The van der Waals surface area contributed by atoms with Crippen LogP contribution < -0.4 is 0 Å². The van der Waals surface area contributed by atoms with Crippen LogP contribution in [-0.4, -0.2) is 12.6 Å². The molecule has 0 saturated carbocycles. The van der Waals surface area contributed by atoms with Crippen molar-refractivity contribution in [2.45, 2.75) is 103 Å². The largest absolute Gasteiger partial charge is 0.466 e. The van der Waals surface area contributed by atoms with Gasteiger partial charge < -0.3 is 4.74 Å². The summed E-state index contributed by atoms with van der Waals surface area (Å²) in [6.45, 7) is 0.638. The van der Waals surface area contributed by atoms with E-state index in [4.69, 9.17) is 4.74 Å². The highest BCUT2D eigenvalue weighted by molar-refractivity contribution is 5.69. The molecule has 1 aliphatic rings. The maximum atomic E-state index is 11.5. The molecule has 0 aromatic heterocycles. The molecule has 2 nitrogen and oxygen atoms in total. The molecular formula is C18H34O2. The van der Waals surface area contributed by atoms with Gasteiger partial charge in [0.2, 0.25) is 0 Å². The SMILES string of the molecule is O=C1CCCCCCCCCCCCCCCCCO1. The molecule has 2 heteroatoms. The summed E-state index contributed by atoms with van der Waals surface area (Å²) in [6.07, 6.45) is 20.2. The molecule has 0 aliphatic carbocycles. The summed E-state index contributed by atoms with van der Waals surface area (Å²) < 4.78 is 5.27. The van der Waals surface area contributed by atoms with Gasteiger partial charge in [0.05, 0.1) is 6.61 Å². The van der Waals surface area contributed by atoms with Gasteiger partial charge in [-0.3, -0.25) is 4.79 Å². The highest BCUT2D eigenvalue weighted by Gasteiger charge is 2.02. The van der Waals surface area contributed by atoms with E-state index in [0.717, 1.165) is 12.8 Å². The highest BCUT2D eigenvalue weighted by atomic mass is 16.5. The second-order valence-electron chi connectivity index (χ2n) is 6.27. The van der Waals surface area contributed by atoms with Crippen LogP contribution in [0, 0.1) is 0 Å². The molecule has 0 amide bonds. The summed E-state index contributed by atoms with van der Waals surface area (Å²) in [5.74, 6) is 0.0166. The molecule has 20 heavy (non-hydrogen) atoms. The van der Waals surface area contributed by atoms with Crippen molar-refractivity contribution in [3.63, 3.8) is 0 Å². The maximum absolute atomic E-state index is 11.5. The van der Waals surface area contributed by atoms with Gasteiger partial charge in [0, 0.05) is 6.42 Å². The smallest absolute Gasteiger partial charge is 0.305 e. The molecule has 0 unspecified atom stereocenters. The van der Waals surface area contributed by atoms with E-state index in [1.54, 1.807) is 0 Å². The Morgan fingerprint density at radius 2 is 0.850 bits per heavy atom. The summed E-state index contributed by atoms with van der Waals surface area (Å²) in [7, 11) is 0. The lowest BCUT2D eigenvalue weighted by atomic mass is 10.0. The monoisotopic (exact) mass is 282 g/mol. The van der Waals surface area contributed by atoms with Crippen LogP contribution in [0.3, 0.4) is 0 Å². The van der Waals surface area contributed by atoms with Crippen LogP contribution in [0.5, 0.6) is 0 Å². The predicted octanol–water partition coefficient (Wildman–Crippen LogP) is 5.78. The zero-order valence-electron chi connectivity index (χ0n) is 13.3. The molecule has 0 bridgehead atoms. The van der Waals surface area contributed by atoms with Crippen molar-refractivity contribution in [1.29, 1.82) is 0 Å². The molecule has 1 rings (SSSR count). The number of ether oxygens (including phenoxy) is 1. The van der Waals surface area contributed by atoms with E-state index in [2.05, 4.69) is 0 Å². The first kappa shape index (κ1) is 17.5. The number of cyclic esters (lactones) is 1. The molecule has 1 saturated heterocycles. The minimum absolute atomic E-state index is 0.0166. The molecule has 0 radical (unpaired) electrons. The molecule has 1 heterocycles. The minimum Gasteiger partial charge on any atom is -0.466 e. The van der Waals surface area contributed by atoms with Crippen LogP contribution in [-0.2, 0) is 9.53 Å². The Kier molecular flexibility index (Phi) is 11.8. The second kappa shape index (κ2) is 13.5. The first-order chi connectivity index (χ1) is 9.89. The van der Waals surface area contributed by atoms with Crippen LogP contribution in [0.2, 0.25) is 0 Å². The molecule has 1 aliphatic heterocycles. The van der Waals surface area contributed by atoms with Crippen molar-refractivity contribution >= 4 is 5.97 Å². The molecule has 0 atom stereocenters. The number of hydrogen-bond acceptors (Lipinski definition) is 2. The normalized spacial score (nSPS) is 23.1. The summed E-state index contributed by atoms with van der Waals surface area (Å²) in [4.78, 5) is 11.5. The Labute approximate surface area is 125 Å². The molecule has 0 aromatic carbocycles. The van der Waals surface area contributed by atoms with Crippen molar-refractivity contribution in [2.75, 3.05) is 6.61 Å². The molecule has 0 N–H and O–H groups in total. The van der Waals surface area contributed by atoms with E-state index in [-0.39, 0.29) is 5.97 Å². The summed E-state index contributed by atoms with van der Waals surface area (Å²) >= 11 is 0. The molecule has 1 fully saturated rings. The van der Waals surface area contributed by atoms with E-state index in [1.165, 1.54) is 83.5 Å². The lowest BCUT2D eigenvalue weighted by Crippen LogP contribution is -2.05. The van der Waals surface area contributed by atoms with Crippen molar-refractivity contribution < 1.29 is 9.53 Å².